The summed E-state index contributed by atoms with van der Waals surface area (Å²) in [6.45, 7) is 1.59. The van der Waals surface area contributed by atoms with Crippen LogP contribution in [0.5, 0.6) is 5.75 Å². The molecule has 1 atom stereocenters. The Hall–Kier alpha value is -1.46. The number of nitrogens with zero attached hydrogens (tertiary/aromatic N) is 1. The van der Waals surface area contributed by atoms with Gasteiger partial charge in [-0.25, -0.2) is 0 Å². The second kappa shape index (κ2) is 6.97. The van der Waals surface area contributed by atoms with Crippen LogP contribution in [-0.2, 0) is 4.74 Å². The fraction of sp³-hybridized carbons (Fsp3) is 0.588. The first-order valence-corrected chi connectivity index (χ1v) is 8.52. The van der Waals surface area contributed by atoms with Crippen LogP contribution < -0.4 is 15.8 Å². The van der Waals surface area contributed by atoms with E-state index in [1.807, 2.05) is 6.07 Å². The molecule has 3 rings (SSSR count). The number of methoxy groups -OCH3 is 1. The maximum Gasteiger partial charge on any atom is 0.193 e. The zero-order chi connectivity index (χ0) is 16.3. The summed E-state index contributed by atoms with van der Waals surface area (Å²) in [5.74, 6) is 1.62. The fourth-order valence-corrected chi connectivity index (χ4v) is 3.62. The molecule has 1 saturated heterocycles. The van der Waals surface area contributed by atoms with Gasteiger partial charge in [0.05, 0.1) is 17.7 Å². The summed E-state index contributed by atoms with van der Waals surface area (Å²) in [7, 11) is 1.59. The quantitative estimate of drug-likeness (QED) is 0.652. The van der Waals surface area contributed by atoms with Crippen molar-refractivity contribution in [2.24, 2.45) is 16.6 Å². The minimum absolute atomic E-state index is 0.157. The van der Waals surface area contributed by atoms with Crippen LogP contribution in [0.4, 0.5) is 5.69 Å². The summed E-state index contributed by atoms with van der Waals surface area (Å²) in [5, 5.41) is 3.62. The minimum atomic E-state index is 0.157. The second-order valence-electron chi connectivity index (χ2n) is 6.44. The van der Waals surface area contributed by atoms with Crippen LogP contribution in [0.3, 0.4) is 0 Å². The van der Waals surface area contributed by atoms with E-state index in [4.69, 9.17) is 26.8 Å². The van der Waals surface area contributed by atoms with Crippen LogP contribution in [0.2, 0.25) is 5.02 Å². The molecule has 0 amide bonds. The number of halogens is 1. The Balaban J connectivity index is 1.54. The molecule has 3 N–H and O–H groups in total. The van der Waals surface area contributed by atoms with Gasteiger partial charge in [0.25, 0.3) is 0 Å². The SMILES string of the molecule is COc1ccc(NC(N)=NCC2CCOC3(CCC3)C2)cc1Cl. The number of nitrogens with two attached hydrogens (primary N) is 1. The molecule has 126 valence electrons. The third-order valence-electron chi connectivity index (χ3n) is 4.80. The van der Waals surface area contributed by atoms with Crippen LogP contribution in [0.25, 0.3) is 0 Å². The lowest BCUT2D eigenvalue weighted by atomic mass is 9.72. The maximum absolute atomic E-state index is 6.11. The number of hydrogen-bond donors (Lipinski definition) is 2. The van der Waals surface area contributed by atoms with Gasteiger partial charge in [-0.2, -0.15) is 0 Å². The average molecular weight is 338 g/mol. The lowest BCUT2D eigenvalue weighted by molar-refractivity contribution is -0.141. The molecule has 0 aromatic heterocycles. The summed E-state index contributed by atoms with van der Waals surface area (Å²) in [4.78, 5) is 4.49. The molecule has 1 aromatic carbocycles. The Bertz CT molecular complexity index is 587. The van der Waals surface area contributed by atoms with E-state index in [-0.39, 0.29) is 5.60 Å². The lowest BCUT2D eigenvalue weighted by Gasteiger charge is -2.47. The number of rotatable bonds is 4. The van der Waals surface area contributed by atoms with Gasteiger partial charge >= 0.3 is 0 Å². The van der Waals surface area contributed by atoms with E-state index < -0.39 is 0 Å². The number of benzene rings is 1. The molecule has 1 aliphatic heterocycles. The highest BCUT2D eigenvalue weighted by Crippen LogP contribution is 2.44. The molecule has 1 unspecified atom stereocenters. The molecule has 1 heterocycles. The molecule has 6 heteroatoms. The smallest absolute Gasteiger partial charge is 0.193 e. The average Bonchev–Trinajstić information content (AvgIpc) is 2.52. The predicted octanol–water partition coefficient (Wildman–Crippen LogP) is 3.42. The van der Waals surface area contributed by atoms with Crippen molar-refractivity contribution in [3.05, 3.63) is 23.2 Å². The molecule has 1 aliphatic carbocycles. The molecule has 0 bridgehead atoms. The summed E-state index contributed by atoms with van der Waals surface area (Å²) in [6, 6.07) is 5.45. The van der Waals surface area contributed by atoms with Crippen molar-refractivity contribution < 1.29 is 9.47 Å². The summed E-state index contributed by atoms with van der Waals surface area (Å²) < 4.78 is 11.1. The summed E-state index contributed by atoms with van der Waals surface area (Å²) >= 11 is 6.11. The standard InChI is InChI=1S/C17H24ClN3O2/c1-22-15-4-3-13(9-14(15)18)21-16(19)20-11-12-5-8-23-17(10-12)6-2-7-17/h3-4,9,12H,2,5-8,10-11H2,1H3,(H3,19,20,21). The summed E-state index contributed by atoms with van der Waals surface area (Å²) in [6.07, 6.45) is 5.86. The zero-order valence-corrected chi connectivity index (χ0v) is 14.2. The lowest BCUT2D eigenvalue weighted by Crippen LogP contribution is -2.46. The molecular weight excluding hydrogens is 314 g/mol. The normalized spacial score (nSPS) is 23.4. The van der Waals surface area contributed by atoms with E-state index >= 15 is 0 Å². The van der Waals surface area contributed by atoms with Crippen LogP contribution in [0, 0.1) is 5.92 Å². The zero-order valence-electron chi connectivity index (χ0n) is 13.5. The Kier molecular flexibility index (Phi) is 4.97. The molecule has 23 heavy (non-hydrogen) atoms. The van der Waals surface area contributed by atoms with Crippen molar-refractivity contribution in [1.82, 2.24) is 0 Å². The number of hydrogen-bond acceptors (Lipinski definition) is 3. The van der Waals surface area contributed by atoms with E-state index in [1.54, 1.807) is 19.2 Å². The number of aliphatic imine (C=N–C) groups is 1. The minimum Gasteiger partial charge on any atom is -0.495 e. The summed E-state index contributed by atoms with van der Waals surface area (Å²) in [5.41, 5.74) is 6.95. The predicted molar refractivity (Wildman–Crippen MR) is 93.4 cm³/mol. The number of anilines is 1. The van der Waals surface area contributed by atoms with Crippen molar-refractivity contribution in [3.8, 4) is 5.75 Å². The Morgan fingerprint density at radius 2 is 2.35 bits per heavy atom. The molecule has 2 fully saturated rings. The van der Waals surface area contributed by atoms with Crippen molar-refractivity contribution in [2.75, 3.05) is 25.6 Å². The Labute approximate surface area is 142 Å². The van der Waals surface area contributed by atoms with Crippen molar-refractivity contribution >= 4 is 23.2 Å². The molecule has 1 aromatic rings. The first-order chi connectivity index (χ1) is 11.1. The van der Waals surface area contributed by atoms with Gasteiger partial charge in [-0.1, -0.05) is 11.6 Å². The van der Waals surface area contributed by atoms with Crippen molar-refractivity contribution in [1.29, 1.82) is 0 Å². The van der Waals surface area contributed by atoms with E-state index in [0.717, 1.165) is 31.7 Å². The molecule has 1 spiro atoms. The van der Waals surface area contributed by atoms with Gasteiger partial charge in [0.1, 0.15) is 5.75 Å². The molecule has 1 saturated carbocycles. The van der Waals surface area contributed by atoms with Gasteiger partial charge < -0.3 is 20.5 Å². The molecule has 0 radical (unpaired) electrons. The largest absolute Gasteiger partial charge is 0.495 e. The van der Waals surface area contributed by atoms with Gasteiger partial charge in [-0.3, -0.25) is 4.99 Å². The van der Waals surface area contributed by atoms with E-state index in [2.05, 4.69) is 10.3 Å². The molecule has 2 aliphatic rings. The second-order valence-corrected chi connectivity index (χ2v) is 6.85. The van der Waals surface area contributed by atoms with E-state index in [9.17, 15) is 0 Å². The molecule has 5 nitrogen and oxygen atoms in total. The molecular formula is C17H24ClN3O2. The van der Waals surface area contributed by atoms with Gasteiger partial charge in [-0.15, -0.1) is 0 Å². The number of guanidine groups is 1. The number of ether oxygens (including phenoxy) is 2. The highest BCUT2D eigenvalue weighted by atomic mass is 35.5. The first kappa shape index (κ1) is 16.4. The topological polar surface area (TPSA) is 68.9 Å². The fourth-order valence-electron chi connectivity index (χ4n) is 3.36. The highest BCUT2D eigenvalue weighted by molar-refractivity contribution is 6.32. The van der Waals surface area contributed by atoms with Crippen LogP contribution in [-0.4, -0.2) is 31.8 Å². The Morgan fingerprint density at radius 3 is 3.00 bits per heavy atom. The maximum atomic E-state index is 6.11. The van der Waals surface area contributed by atoms with Gasteiger partial charge in [0.2, 0.25) is 0 Å². The van der Waals surface area contributed by atoms with Gasteiger partial charge in [-0.05, 0) is 56.2 Å². The van der Waals surface area contributed by atoms with Gasteiger partial charge in [0, 0.05) is 18.8 Å². The highest BCUT2D eigenvalue weighted by Gasteiger charge is 2.42. The van der Waals surface area contributed by atoms with Crippen LogP contribution in [0.15, 0.2) is 23.2 Å². The van der Waals surface area contributed by atoms with Gasteiger partial charge in [0.15, 0.2) is 5.96 Å². The monoisotopic (exact) mass is 337 g/mol. The van der Waals surface area contributed by atoms with E-state index in [0.29, 0.717) is 22.6 Å². The van der Waals surface area contributed by atoms with Crippen molar-refractivity contribution in [2.45, 2.75) is 37.7 Å². The number of nitrogens with one attached hydrogen (secondary N) is 1. The van der Waals surface area contributed by atoms with E-state index in [1.165, 1.54) is 19.3 Å². The third kappa shape index (κ3) is 3.90. The third-order valence-corrected chi connectivity index (χ3v) is 5.10. The first-order valence-electron chi connectivity index (χ1n) is 8.15. The van der Waals surface area contributed by atoms with Crippen LogP contribution in [0.1, 0.15) is 32.1 Å². The van der Waals surface area contributed by atoms with Crippen LogP contribution >= 0.6 is 11.6 Å². The van der Waals surface area contributed by atoms with Crippen molar-refractivity contribution in [3.63, 3.8) is 0 Å². The Morgan fingerprint density at radius 1 is 1.52 bits per heavy atom.